The van der Waals surface area contributed by atoms with Crippen LogP contribution in [0.1, 0.15) is 32.3 Å². The maximum atomic E-state index is 11.5. The maximum absolute atomic E-state index is 11.5. The molecule has 0 spiro atoms. The summed E-state index contributed by atoms with van der Waals surface area (Å²) < 4.78 is 0. The van der Waals surface area contributed by atoms with Crippen LogP contribution in [0, 0.1) is 0 Å². The van der Waals surface area contributed by atoms with Gasteiger partial charge in [-0.3, -0.25) is 4.79 Å². The van der Waals surface area contributed by atoms with Gasteiger partial charge >= 0.3 is 0 Å². The molecule has 4 nitrogen and oxygen atoms in total. The molecule has 106 valence electrons. The van der Waals surface area contributed by atoms with Gasteiger partial charge in [-0.25, -0.2) is 0 Å². The Morgan fingerprint density at radius 3 is 2.84 bits per heavy atom. The molecule has 1 aromatic carbocycles. The van der Waals surface area contributed by atoms with Crippen LogP contribution < -0.4 is 10.6 Å². The van der Waals surface area contributed by atoms with Gasteiger partial charge in [0.1, 0.15) is 5.75 Å². The molecule has 0 aromatic heterocycles. The Hall–Kier alpha value is -1.26. The van der Waals surface area contributed by atoms with Crippen molar-refractivity contribution >= 4 is 17.5 Å². The lowest BCUT2D eigenvalue weighted by Crippen LogP contribution is -2.33. The Kier molecular flexibility index (Phi) is 6.67. The van der Waals surface area contributed by atoms with Gasteiger partial charge in [0, 0.05) is 25.6 Å². The number of halogens is 1. The lowest BCUT2D eigenvalue weighted by molar-refractivity contribution is -0.121. The minimum Gasteiger partial charge on any atom is -0.506 e. The number of phenols is 1. The minimum atomic E-state index is 0.0607. The van der Waals surface area contributed by atoms with Gasteiger partial charge in [0.2, 0.25) is 5.91 Å². The quantitative estimate of drug-likeness (QED) is 0.674. The predicted octanol–water partition coefficient (Wildman–Crippen LogP) is 2.44. The van der Waals surface area contributed by atoms with Gasteiger partial charge in [0.15, 0.2) is 0 Å². The van der Waals surface area contributed by atoms with Crippen molar-refractivity contribution in [1.82, 2.24) is 10.6 Å². The first-order valence-electron chi connectivity index (χ1n) is 6.50. The summed E-state index contributed by atoms with van der Waals surface area (Å²) in [6.45, 7) is 5.26. The summed E-state index contributed by atoms with van der Waals surface area (Å²) in [5.41, 5.74) is 0.977. The highest BCUT2D eigenvalue weighted by Gasteiger charge is 2.05. The number of hydrogen-bond donors (Lipinski definition) is 3. The largest absolute Gasteiger partial charge is 0.506 e. The summed E-state index contributed by atoms with van der Waals surface area (Å²) in [4.78, 5) is 11.5. The standard InChI is InChI=1S/C14H21ClN2O2/c1-3-10(2)17-14(19)6-7-16-9-11-4-5-13(18)12(15)8-11/h4-5,8,10,16,18H,3,6-7,9H2,1-2H3,(H,17,19). The van der Waals surface area contributed by atoms with Crippen molar-refractivity contribution in [2.75, 3.05) is 6.54 Å². The molecular formula is C14H21ClN2O2. The molecule has 0 radical (unpaired) electrons. The van der Waals surface area contributed by atoms with Crippen LogP contribution in [0.3, 0.4) is 0 Å². The van der Waals surface area contributed by atoms with E-state index in [1.165, 1.54) is 0 Å². The molecule has 1 amide bonds. The van der Waals surface area contributed by atoms with E-state index in [-0.39, 0.29) is 17.7 Å². The third-order valence-corrected chi connectivity index (χ3v) is 3.19. The van der Waals surface area contributed by atoms with Crippen LogP contribution >= 0.6 is 11.6 Å². The summed E-state index contributed by atoms with van der Waals surface area (Å²) >= 11 is 5.81. The van der Waals surface area contributed by atoms with E-state index in [9.17, 15) is 9.90 Å². The molecule has 0 bridgehead atoms. The summed E-state index contributed by atoms with van der Waals surface area (Å²) in [5.74, 6) is 0.143. The summed E-state index contributed by atoms with van der Waals surface area (Å²) in [6, 6.07) is 5.30. The zero-order valence-corrected chi connectivity index (χ0v) is 12.1. The number of nitrogens with one attached hydrogen (secondary N) is 2. The monoisotopic (exact) mass is 284 g/mol. The second kappa shape index (κ2) is 8.02. The van der Waals surface area contributed by atoms with Gasteiger partial charge < -0.3 is 15.7 Å². The lowest BCUT2D eigenvalue weighted by atomic mass is 10.2. The highest BCUT2D eigenvalue weighted by Crippen LogP contribution is 2.23. The number of benzene rings is 1. The molecule has 19 heavy (non-hydrogen) atoms. The number of aromatic hydroxyl groups is 1. The third kappa shape index (κ3) is 5.94. The van der Waals surface area contributed by atoms with Crippen molar-refractivity contribution in [2.45, 2.75) is 39.3 Å². The second-order valence-corrected chi connectivity index (χ2v) is 5.00. The zero-order valence-electron chi connectivity index (χ0n) is 11.4. The Morgan fingerprint density at radius 1 is 1.47 bits per heavy atom. The van der Waals surface area contributed by atoms with Crippen molar-refractivity contribution in [3.05, 3.63) is 28.8 Å². The molecule has 0 aliphatic carbocycles. The first-order valence-corrected chi connectivity index (χ1v) is 6.88. The summed E-state index contributed by atoms with van der Waals surface area (Å²) in [5, 5.41) is 15.7. The van der Waals surface area contributed by atoms with Crippen LogP contribution in [-0.4, -0.2) is 23.6 Å². The molecule has 3 N–H and O–H groups in total. The van der Waals surface area contributed by atoms with E-state index in [0.29, 0.717) is 24.5 Å². The van der Waals surface area contributed by atoms with Crippen LogP contribution in [0.5, 0.6) is 5.75 Å². The smallest absolute Gasteiger partial charge is 0.221 e. The molecule has 0 aliphatic rings. The first-order chi connectivity index (χ1) is 9.02. The fourth-order valence-corrected chi connectivity index (χ4v) is 1.75. The van der Waals surface area contributed by atoms with Crippen molar-refractivity contribution in [1.29, 1.82) is 0 Å². The van der Waals surface area contributed by atoms with E-state index in [1.54, 1.807) is 18.2 Å². The summed E-state index contributed by atoms with van der Waals surface area (Å²) in [7, 11) is 0. The average molecular weight is 285 g/mol. The van der Waals surface area contributed by atoms with E-state index in [0.717, 1.165) is 12.0 Å². The Balaban J connectivity index is 2.23. The number of hydrogen-bond acceptors (Lipinski definition) is 3. The Labute approximate surface area is 119 Å². The number of carbonyl (C=O) groups excluding carboxylic acids is 1. The molecule has 0 saturated carbocycles. The number of phenolic OH excluding ortho intramolecular Hbond substituents is 1. The topological polar surface area (TPSA) is 61.4 Å². The molecule has 5 heteroatoms. The van der Waals surface area contributed by atoms with Gasteiger partial charge in [-0.15, -0.1) is 0 Å². The van der Waals surface area contributed by atoms with Crippen LogP contribution in [-0.2, 0) is 11.3 Å². The highest BCUT2D eigenvalue weighted by atomic mass is 35.5. The molecule has 0 fully saturated rings. The second-order valence-electron chi connectivity index (χ2n) is 4.59. The fraction of sp³-hybridized carbons (Fsp3) is 0.500. The number of amides is 1. The Morgan fingerprint density at radius 2 is 2.21 bits per heavy atom. The maximum Gasteiger partial charge on any atom is 0.221 e. The number of rotatable bonds is 7. The van der Waals surface area contributed by atoms with Crippen molar-refractivity contribution < 1.29 is 9.90 Å². The molecule has 1 unspecified atom stereocenters. The first kappa shape index (κ1) is 15.8. The van der Waals surface area contributed by atoms with Crippen molar-refractivity contribution in [3.63, 3.8) is 0 Å². The highest BCUT2D eigenvalue weighted by molar-refractivity contribution is 6.32. The zero-order chi connectivity index (χ0) is 14.3. The van der Waals surface area contributed by atoms with Gasteiger partial charge in [0.25, 0.3) is 0 Å². The molecule has 1 rings (SSSR count). The van der Waals surface area contributed by atoms with E-state index < -0.39 is 0 Å². The van der Waals surface area contributed by atoms with Gasteiger partial charge in [-0.2, -0.15) is 0 Å². The SMILES string of the molecule is CCC(C)NC(=O)CCNCc1ccc(O)c(Cl)c1. The molecule has 1 atom stereocenters. The molecule has 0 saturated heterocycles. The fourth-order valence-electron chi connectivity index (χ4n) is 1.54. The third-order valence-electron chi connectivity index (χ3n) is 2.89. The average Bonchev–Trinajstić information content (AvgIpc) is 2.38. The van der Waals surface area contributed by atoms with Crippen molar-refractivity contribution in [2.24, 2.45) is 0 Å². The lowest BCUT2D eigenvalue weighted by Gasteiger charge is -2.11. The minimum absolute atomic E-state index is 0.0607. The van der Waals surface area contributed by atoms with E-state index in [4.69, 9.17) is 11.6 Å². The van der Waals surface area contributed by atoms with Crippen LogP contribution in [0.4, 0.5) is 0 Å². The molecule has 0 aliphatic heterocycles. The van der Waals surface area contributed by atoms with Crippen LogP contribution in [0.15, 0.2) is 18.2 Å². The van der Waals surface area contributed by atoms with Gasteiger partial charge in [0.05, 0.1) is 5.02 Å². The number of carbonyl (C=O) groups is 1. The van der Waals surface area contributed by atoms with Crippen LogP contribution in [0.25, 0.3) is 0 Å². The molecule has 1 aromatic rings. The predicted molar refractivity (Wildman–Crippen MR) is 77.3 cm³/mol. The van der Waals surface area contributed by atoms with Crippen molar-refractivity contribution in [3.8, 4) is 5.75 Å². The Bertz CT molecular complexity index is 424. The van der Waals surface area contributed by atoms with E-state index >= 15 is 0 Å². The van der Waals surface area contributed by atoms with E-state index in [1.807, 2.05) is 13.8 Å². The summed E-state index contributed by atoms with van der Waals surface area (Å²) in [6.07, 6.45) is 1.39. The molecular weight excluding hydrogens is 264 g/mol. The van der Waals surface area contributed by atoms with Gasteiger partial charge in [-0.1, -0.05) is 24.6 Å². The van der Waals surface area contributed by atoms with E-state index in [2.05, 4.69) is 10.6 Å². The molecule has 0 heterocycles. The van der Waals surface area contributed by atoms with Gasteiger partial charge in [-0.05, 0) is 31.0 Å². The van der Waals surface area contributed by atoms with Crippen LogP contribution in [0.2, 0.25) is 5.02 Å². The normalized spacial score (nSPS) is 12.2.